The van der Waals surface area contributed by atoms with E-state index in [2.05, 4.69) is 0 Å². The van der Waals surface area contributed by atoms with Crippen molar-refractivity contribution >= 4 is 18.5 Å². The second-order valence-corrected chi connectivity index (χ2v) is 0.750. The van der Waals surface area contributed by atoms with Crippen LogP contribution in [-0.2, 0) is 0 Å². The fraction of sp³-hybridized carbons (Fsp3) is 0. The first-order valence-electron chi connectivity index (χ1n) is 1.84. The molecule has 0 aliphatic heterocycles. The Hall–Kier alpha value is 0.459. The molecule has 0 rings (SSSR count). The predicted molar refractivity (Wildman–Crippen MR) is 16.2 cm³/mol. The number of carbonyl (C=O) groups excluding carboxylic acids is 3. The van der Waals surface area contributed by atoms with Crippen LogP contribution < -0.4 is 82.0 Å². The van der Waals surface area contributed by atoms with Gasteiger partial charge in [0.05, 0.1) is 0 Å². The largest absolute Gasteiger partial charge is 1.00 e. The molecule has 0 N–H and O–H groups in total. The molecular weight excluding hydrogens is 456 g/mol. The van der Waals surface area contributed by atoms with Gasteiger partial charge < -0.3 is 45.0 Å². The summed E-state index contributed by atoms with van der Waals surface area (Å²) in [5.41, 5.74) is 0. The summed E-state index contributed by atoms with van der Waals surface area (Å²) in [6.07, 6.45) is -7.00. The monoisotopic (exact) mass is 455 g/mol. The zero-order valence-corrected chi connectivity index (χ0v) is 13.5. The standard InChI is InChI=1S/3CH2O3.K.Np/c3*2-1(3)4;;/h3*(H2,2,3,4);;/q;;;+1;/p-6. The molecule has 0 heterocycles. The third-order valence-corrected chi connectivity index (χ3v) is 0. The van der Waals surface area contributed by atoms with Crippen LogP contribution in [0.5, 0.6) is 0 Å². The van der Waals surface area contributed by atoms with E-state index in [9.17, 15) is 0 Å². The van der Waals surface area contributed by atoms with Gasteiger partial charge in [-0.2, -0.15) is 0 Å². The van der Waals surface area contributed by atoms with E-state index >= 15 is 0 Å². The zero-order valence-electron chi connectivity index (χ0n) is 6.62. The first kappa shape index (κ1) is 29.3. The van der Waals surface area contributed by atoms with Crippen LogP contribution in [0.3, 0.4) is 0 Å². The number of rotatable bonds is 0. The Morgan fingerprint density at radius 3 is 0.571 bits per heavy atom. The molecule has 1 radical (unpaired) electrons. The molecule has 77 valence electrons. The minimum atomic E-state index is -2.33. The van der Waals surface area contributed by atoms with Crippen molar-refractivity contribution in [1.29, 1.82) is 0 Å². The molecule has 0 fully saturated rings. The Morgan fingerprint density at radius 1 is 0.571 bits per heavy atom. The van der Waals surface area contributed by atoms with Crippen LogP contribution in [0.4, 0.5) is 14.4 Å². The predicted octanol–water partition coefficient (Wildman–Crippen LogP) is -10.3. The van der Waals surface area contributed by atoms with Crippen molar-refractivity contribution in [2.75, 3.05) is 0 Å². The van der Waals surface area contributed by atoms with Gasteiger partial charge in [0.25, 0.3) is 0 Å². The summed E-state index contributed by atoms with van der Waals surface area (Å²) in [5, 5.41) is 50.0. The molecular formula is C3KNpO9-5. The Balaban J connectivity index is -0.0000000270. The number of carboxylic acid groups (broad SMARTS) is 6. The Morgan fingerprint density at radius 2 is 0.571 bits per heavy atom. The maximum atomic E-state index is 8.33. The van der Waals surface area contributed by atoms with Gasteiger partial charge in [-0.25, -0.2) is 0 Å². The molecule has 9 nitrogen and oxygen atoms in total. The van der Waals surface area contributed by atoms with Crippen LogP contribution >= 0.6 is 0 Å². The van der Waals surface area contributed by atoms with Gasteiger partial charge in [-0.1, -0.05) is 0 Å². The Labute approximate surface area is 142 Å². The molecule has 0 atom stereocenters. The molecule has 0 aromatic heterocycles. The maximum absolute atomic E-state index is 8.33. The van der Waals surface area contributed by atoms with Crippen LogP contribution in [0.2, 0.25) is 0 Å². The van der Waals surface area contributed by atoms with Gasteiger partial charge >= 0.3 is 51.4 Å². The van der Waals surface area contributed by atoms with E-state index in [1.165, 1.54) is 0 Å². The Bertz CT molecular complexity index is 118. The summed E-state index contributed by atoms with van der Waals surface area (Å²) >= 11 is 0. The van der Waals surface area contributed by atoms with Crippen molar-refractivity contribution in [3.63, 3.8) is 0 Å². The quantitative estimate of drug-likeness (QED) is 0.319. The smallest absolute Gasteiger partial charge is 0.652 e. The zero-order chi connectivity index (χ0) is 10.7. The molecule has 0 unspecified atom stereocenters. The third-order valence-electron chi connectivity index (χ3n) is 0. The van der Waals surface area contributed by atoms with Crippen molar-refractivity contribution in [2.45, 2.75) is 0 Å². The van der Waals surface area contributed by atoms with E-state index < -0.39 is 18.5 Å². The van der Waals surface area contributed by atoms with Crippen molar-refractivity contribution in [1.82, 2.24) is 0 Å². The number of hydrogen-bond donors (Lipinski definition) is 0. The molecule has 0 aromatic rings. The van der Waals surface area contributed by atoms with Gasteiger partial charge in [0.15, 0.2) is 0 Å². The summed E-state index contributed by atoms with van der Waals surface area (Å²) in [6, 6.07) is 0. The van der Waals surface area contributed by atoms with Crippen LogP contribution in [0.15, 0.2) is 0 Å². The molecule has 0 amide bonds. The third kappa shape index (κ3) is 7750. The minimum Gasteiger partial charge on any atom is -0.652 e. The summed E-state index contributed by atoms with van der Waals surface area (Å²) < 4.78 is 0. The molecule has 14 heavy (non-hydrogen) atoms. The van der Waals surface area contributed by atoms with E-state index in [0.29, 0.717) is 0 Å². The van der Waals surface area contributed by atoms with E-state index in [0.717, 1.165) is 0 Å². The molecule has 11 heteroatoms. The van der Waals surface area contributed by atoms with Gasteiger partial charge in [0.1, 0.15) is 0 Å². The van der Waals surface area contributed by atoms with Gasteiger partial charge in [-0.3, -0.25) is 0 Å². The van der Waals surface area contributed by atoms with Crippen molar-refractivity contribution < 1.29 is 126 Å². The second kappa shape index (κ2) is 23.4. The average molecular weight is 456 g/mol. The van der Waals surface area contributed by atoms with E-state index in [1.54, 1.807) is 0 Å². The van der Waals surface area contributed by atoms with Crippen molar-refractivity contribution in [3.8, 4) is 0 Å². The number of carbonyl (C=O) groups is 3. The summed E-state index contributed by atoms with van der Waals surface area (Å²) in [5.74, 6) is 0. The molecule has 0 aliphatic carbocycles. The molecule has 0 saturated heterocycles. The van der Waals surface area contributed by atoms with E-state index in [1.807, 2.05) is 0 Å². The van der Waals surface area contributed by atoms with E-state index in [4.69, 9.17) is 45.0 Å². The molecule has 0 aliphatic rings. The molecule has 0 bridgehead atoms. The fourth-order valence-corrected chi connectivity index (χ4v) is 0. The summed E-state index contributed by atoms with van der Waals surface area (Å²) in [7, 11) is 0. The van der Waals surface area contributed by atoms with Crippen LogP contribution in [-0.4, -0.2) is 18.5 Å². The Kier molecular flexibility index (Phi) is 48.8. The molecule has 0 saturated carbocycles. The van der Waals surface area contributed by atoms with Crippen LogP contribution in [0.25, 0.3) is 0 Å². The number of hydrogen-bond acceptors (Lipinski definition) is 9. The summed E-state index contributed by atoms with van der Waals surface area (Å²) in [4.78, 5) is 25.0. The van der Waals surface area contributed by atoms with Gasteiger partial charge in [-0.05, 0) is 18.5 Å². The van der Waals surface area contributed by atoms with E-state index in [-0.39, 0.29) is 81.3 Å². The molecule has 0 spiro atoms. The first-order chi connectivity index (χ1) is 5.20. The van der Waals surface area contributed by atoms with Crippen molar-refractivity contribution in [2.24, 2.45) is 0 Å². The maximum Gasteiger partial charge on any atom is 1.00 e. The normalized spacial score (nSPS) is 5.14. The summed E-state index contributed by atoms with van der Waals surface area (Å²) in [6.45, 7) is 0. The molecule has 0 aromatic carbocycles. The minimum absolute atomic E-state index is 0. The van der Waals surface area contributed by atoms with Gasteiger partial charge in [-0.15, -0.1) is 0 Å². The van der Waals surface area contributed by atoms with Crippen LogP contribution in [0.1, 0.15) is 0 Å². The van der Waals surface area contributed by atoms with Gasteiger partial charge in [0.2, 0.25) is 0 Å². The fourth-order valence-electron chi connectivity index (χ4n) is 0. The average Bonchev–Trinajstić information content (AvgIpc) is 1.54. The topological polar surface area (TPSA) is 190 Å². The van der Waals surface area contributed by atoms with Crippen LogP contribution in [0, 0.1) is 29.9 Å². The SMILES string of the molecule is O=C([O-])[O-].O=C([O-])[O-].O=C([O-])[O-].[K+].[Np]. The van der Waals surface area contributed by atoms with Gasteiger partial charge in [0, 0.05) is 29.9 Å². The second-order valence-electron chi connectivity index (χ2n) is 0.750. The first-order valence-corrected chi connectivity index (χ1v) is 1.84. The van der Waals surface area contributed by atoms with Crippen molar-refractivity contribution in [3.05, 3.63) is 0 Å².